The van der Waals surface area contributed by atoms with Crippen molar-refractivity contribution < 1.29 is 195 Å². The second kappa shape index (κ2) is 140. The zero-order valence-electron chi connectivity index (χ0n) is 47.6. The van der Waals surface area contributed by atoms with Crippen molar-refractivity contribution >= 4 is 178 Å². The number of halogens is 3. The van der Waals surface area contributed by atoms with Gasteiger partial charge in [0.2, 0.25) is 0 Å². The first kappa shape index (κ1) is 145. The van der Waals surface area contributed by atoms with E-state index in [0.717, 1.165) is 33.8 Å². The van der Waals surface area contributed by atoms with Crippen molar-refractivity contribution in [2.24, 2.45) is 15.0 Å². The second-order valence-corrected chi connectivity index (χ2v) is 46.8. The van der Waals surface area contributed by atoms with Gasteiger partial charge < -0.3 is 111 Å². The zero-order chi connectivity index (χ0) is 67.7. The van der Waals surface area contributed by atoms with Crippen molar-refractivity contribution in [3.63, 3.8) is 0 Å². The number of hydrogen-bond acceptors (Lipinski definition) is 21. The number of phenolic OH excluding ortho intramolecular Hbond substituents is 3. The van der Waals surface area contributed by atoms with Gasteiger partial charge in [0.1, 0.15) is 17.2 Å². The van der Waals surface area contributed by atoms with Crippen LogP contribution in [0.1, 0.15) is 33.4 Å². The first-order valence-corrected chi connectivity index (χ1v) is 37.2. The monoisotopic (exact) mass is 2130 g/mol. The van der Waals surface area contributed by atoms with E-state index in [4.69, 9.17) is 71.9 Å². The van der Waals surface area contributed by atoms with E-state index in [1.807, 2.05) is 130 Å². The van der Waals surface area contributed by atoms with E-state index in [0.29, 0.717) is 0 Å². The van der Waals surface area contributed by atoms with Crippen LogP contribution in [0.25, 0.3) is 0 Å². The molecule has 6 rings (SSSR count). The van der Waals surface area contributed by atoms with Crippen molar-refractivity contribution in [3.8, 4) is 17.2 Å². The van der Waals surface area contributed by atoms with Crippen LogP contribution >= 0.6 is 40.3 Å². The topological polar surface area (TPSA) is 448 Å². The maximum Gasteiger partial charge on any atom is 0 e. The predicted octanol–water partition coefficient (Wildman–Crippen LogP) is 6.74. The summed E-state index contributed by atoms with van der Waals surface area (Å²) in [5.74, 6) is 0.747. The molecule has 0 spiro atoms. The molecule has 9 N–H and O–H groups in total. The van der Waals surface area contributed by atoms with Crippen LogP contribution < -0.4 is 0 Å². The Morgan fingerprint density at radius 3 is 0.589 bits per heavy atom. The minimum atomic E-state index is -1.03. The maximum atomic E-state index is 9.55. The van der Waals surface area contributed by atoms with E-state index in [-0.39, 0.29) is 122 Å². The molecular weight excluding hydrogens is 2070 g/mol. The van der Waals surface area contributed by atoms with Gasteiger partial charge in [-0.05, 0) is 110 Å². The zero-order valence-corrected chi connectivity index (χ0v) is 64.2. The molecule has 0 bridgehead atoms. The van der Waals surface area contributed by atoms with Crippen LogP contribution in [-0.4, -0.2) is 152 Å². The number of phenols is 3. The largest absolute Gasteiger partial charge is 0.545 e. The molecule has 6 aromatic rings. The van der Waals surface area contributed by atoms with Gasteiger partial charge in [-0.1, -0.05) is 72.8 Å². The fourth-order valence-corrected chi connectivity index (χ4v) is 4.35. The van der Waals surface area contributed by atoms with Crippen LogP contribution in [-0.2, 0) is 164 Å². The summed E-state index contributed by atoms with van der Waals surface area (Å²) < 4.78 is 0. The van der Waals surface area contributed by atoms with Gasteiger partial charge in [0.15, 0.2) is 0 Å². The molecular formula is C58H63Br3N3O21Re3Tc2-16. The molecule has 0 saturated heterocycles. The van der Waals surface area contributed by atoms with Gasteiger partial charge in [0.25, 0.3) is 0 Å². The van der Waals surface area contributed by atoms with Crippen LogP contribution in [0.4, 0.5) is 17.1 Å². The fraction of sp³-hybridized carbons (Fsp3) is 0.0517. The maximum absolute atomic E-state index is 9.55. The van der Waals surface area contributed by atoms with E-state index < -0.39 is 10.7 Å². The van der Waals surface area contributed by atoms with Gasteiger partial charge in [0, 0.05) is 116 Å². The number of aromatic hydroxyl groups is 3. The Morgan fingerprint density at radius 1 is 0.311 bits per heavy atom. The molecule has 0 aliphatic heterocycles. The number of aryl methyl sites for hydroxylation is 3. The minimum Gasteiger partial charge on any atom is -0.545 e. The number of aliphatic imine (C=N–C) groups is 3. The predicted molar refractivity (Wildman–Crippen MR) is 345 cm³/mol. The standard InChI is InChI=1S/3C14H13NO.15CHO.CH3.3BrH.3H2O.3Re.2Tc/c3*1-11-5-4-7-13(9-11)15-10-12-6-2-3-8-14(12)16;15*1-2;;;;;;;;;;;;/h3*2-10,16H,1H3;15*1H;1H3;3*1H;3*1H2;;;;;/q;;;16*-1;;;;;;;;;+3;;/p-3/i;;;;;;;;;;;;;;;;;;;;;;;;;;;;2*1+1. The number of para-hydroxylation sites is 3. The molecule has 4 radical (unpaired) electrons. The molecule has 0 aliphatic rings. The summed E-state index contributed by atoms with van der Waals surface area (Å²) in [5, 5.41) is 28.7. The van der Waals surface area contributed by atoms with Gasteiger partial charge >= 0.3 is 51.0 Å². The molecule has 32 heteroatoms. The van der Waals surface area contributed by atoms with Crippen molar-refractivity contribution in [1.82, 2.24) is 0 Å². The van der Waals surface area contributed by atoms with Crippen LogP contribution in [0.5, 0.6) is 17.2 Å². The molecule has 0 heterocycles. The third kappa shape index (κ3) is 103. The van der Waals surface area contributed by atoms with E-state index in [2.05, 4.69) is 157 Å². The van der Waals surface area contributed by atoms with Crippen LogP contribution in [0, 0.1) is 28.2 Å². The summed E-state index contributed by atoms with van der Waals surface area (Å²) in [5.41, 5.74) is 8.37. The third-order valence-electron chi connectivity index (χ3n) is 6.87. The molecule has 24 nitrogen and oxygen atoms in total. The van der Waals surface area contributed by atoms with Gasteiger partial charge in [-0.25, -0.2) is 0 Å². The molecule has 6 aromatic carbocycles. The van der Waals surface area contributed by atoms with Crippen LogP contribution in [0.2, 0.25) is 0 Å². The van der Waals surface area contributed by atoms with E-state index in [1.54, 1.807) is 55.0 Å². The molecule has 0 amide bonds. The van der Waals surface area contributed by atoms with Crippen molar-refractivity contribution in [3.05, 3.63) is 186 Å². The summed E-state index contributed by atoms with van der Waals surface area (Å²) >= 11 is 9.87. The molecule has 0 atom stereocenters. The molecule has 0 unspecified atom stereocenters. The second-order valence-electron chi connectivity index (χ2n) is 11.1. The average Bonchev–Trinajstić information content (AvgIpc) is 3.56. The van der Waals surface area contributed by atoms with E-state index >= 15 is 0 Å². The summed E-state index contributed by atoms with van der Waals surface area (Å²) in [7, 11) is -1.03. The molecule has 0 aliphatic carbocycles. The smallest absolute Gasteiger partial charge is 0 e. The molecule has 0 saturated carbocycles. The minimum absolute atomic E-state index is 0. The van der Waals surface area contributed by atoms with Crippen molar-refractivity contribution in [2.45, 2.75) is 20.8 Å². The first-order valence-electron chi connectivity index (χ1n) is 19.4. The number of carbonyl (C=O) groups excluding carboxylic acids is 15. The number of hydrogen-bond donors (Lipinski definition) is 3. The van der Waals surface area contributed by atoms with Gasteiger partial charge in [-0.2, -0.15) is 0 Å². The van der Waals surface area contributed by atoms with Crippen LogP contribution in [0.3, 0.4) is 0 Å². The Balaban J connectivity index is -0.0000000325. The van der Waals surface area contributed by atoms with E-state index in [1.165, 1.54) is 16.7 Å². The molecule has 0 fully saturated rings. The Bertz CT molecular complexity index is 2140. The Morgan fingerprint density at radius 2 is 0.456 bits per heavy atom. The summed E-state index contributed by atoms with van der Waals surface area (Å²) in [6.45, 7) is 54.8. The first-order chi connectivity index (χ1) is 40.0. The van der Waals surface area contributed by atoms with E-state index in [9.17, 15) is 15.3 Å². The van der Waals surface area contributed by atoms with Gasteiger partial charge in [-0.3, -0.25) is 117 Å². The summed E-state index contributed by atoms with van der Waals surface area (Å²) in [6.07, 6.45) is 5.01. The third-order valence-corrected chi connectivity index (χ3v) is 6.87. The summed E-state index contributed by atoms with van der Waals surface area (Å²) in [6, 6.07) is 45.2. The number of rotatable bonds is 6. The normalized spacial score (nSPS) is 6.93. The van der Waals surface area contributed by atoms with Crippen molar-refractivity contribution in [1.29, 1.82) is 0 Å². The Labute approximate surface area is 606 Å². The number of benzene rings is 6. The van der Waals surface area contributed by atoms with Crippen LogP contribution in [0.15, 0.2) is 161 Å². The number of nitrogens with zero attached hydrogens (tertiary/aromatic N) is 3. The Hall–Kier alpha value is -6.61. The quantitative estimate of drug-likeness (QED) is 0.0882. The fourth-order valence-electron chi connectivity index (χ4n) is 4.35. The SMILES string of the molecule is Cc1cccc(N=Cc2ccccc2O)c1.Cc1cccc(N=Cc2ccccc2O)c1.Cc1cccc(N=Cc2ccccc2O)c1.O.O.O.[99Tc].[99Tc].[Br][Re]([Br])[Br].[CH-]=O.[CH-]=O.[CH-]=O.[CH-]=O.[CH-]=O.[CH-]=O.[CH-]=O.[CH-]=O.[CH-]=O.[CH-]=O.[CH-]=O.[CH-]=O.[CH-]=O.[CH-]=O.[CH-]=O.[CH3-].[Re].[Re]. The van der Waals surface area contributed by atoms with Crippen molar-refractivity contribution in [2.75, 3.05) is 0 Å². The Kier molecular flexibility index (Phi) is 227. The summed E-state index contributed by atoms with van der Waals surface area (Å²) in [4.78, 5) is 129. The van der Waals surface area contributed by atoms with Gasteiger partial charge in [-0.15, -0.1) is 0 Å². The molecule has 508 valence electrons. The average molecular weight is 2130 g/mol. The molecule has 0 aromatic heterocycles. The van der Waals surface area contributed by atoms with Gasteiger partial charge in [0.05, 0.1) is 17.1 Å². The molecule has 90 heavy (non-hydrogen) atoms.